The van der Waals surface area contributed by atoms with Crippen LogP contribution in [0, 0.1) is 11.8 Å². The maximum atomic E-state index is 6.45. The quantitative estimate of drug-likeness (QED) is 0.907. The molecule has 0 bridgehead atoms. The van der Waals surface area contributed by atoms with Crippen LogP contribution in [0.5, 0.6) is 0 Å². The van der Waals surface area contributed by atoms with Gasteiger partial charge in [0.15, 0.2) is 0 Å². The van der Waals surface area contributed by atoms with E-state index in [2.05, 4.69) is 53.9 Å². The molecule has 1 aromatic carbocycles. The highest BCUT2D eigenvalue weighted by Crippen LogP contribution is 2.38. The maximum Gasteiger partial charge on any atom is 0.140 e. The van der Waals surface area contributed by atoms with Gasteiger partial charge in [0.25, 0.3) is 0 Å². The average Bonchev–Trinajstić information content (AvgIpc) is 2.87. The third-order valence-electron chi connectivity index (χ3n) is 4.49. The molecule has 4 atom stereocenters. The van der Waals surface area contributed by atoms with Gasteiger partial charge in [-0.15, -0.1) is 0 Å². The fraction of sp³-hybridized carbons (Fsp3) is 0.471. The molecule has 0 aliphatic heterocycles. The second-order valence-corrected chi connectivity index (χ2v) is 6.23. The second kappa shape index (κ2) is 5.41. The molecule has 0 saturated heterocycles. The van der Waals surface area contributed by atoms with Crippen LogP contribution in [0.4, 0.5) is 0 Å². The summed E-state index contributed by atoms with van der Waals surface area (Å²) in [5.41, 5.74) is 7.61. The van der Waals surface area contributed by atoms with E-state index in [1.165, 1.54) is 6.42 Å². The van der Waals surface area contributed by atoms with Gasteiger partial charge < -0.3 is 10.3 Å². The lowest BCUT2D eigenvalue weighted by molar-refractivity contribution is 0.179. The lowest BCUT2D eigenvalue weighted by Crippen LogP contribution is -2.42. The molecule has 3 nitrogen and oxygen atoms in total. The summed E-state index contributed by atoms with van der Waals surface area (Å²) in [6, 6.07) is 10.9. The fourth-order valence-electron chi connectivity index (χ4n) is 3.74. The minimum Gasteiger partial charge on any atom is -0.326 e. The molecule has 1 fully saturated rings. The summed E-state index contributed by atoms with van der Waals surface area (Å²) in [4.78, 5) is 4.56. The predicted molar refractivity (Wildman–Crippen MR) is 82.2 cm³/mol. The number of aromatic nitrogens is 2. The standard InChI is InChI=1S/C17H23N3/c1-12-10-13(2)16(15(18)11-12)20-9-8-19-17(20)14-6-4-3-5-7-14/h3-9,12-13,15-16H,10-11,18H2,1-2H3. The Morgan fingerprint density at radius 2 is 1.90 bits per heavy atom. The number of rotatable bonds is 2. The molecule has 1 aliphatic rings. The average molecular weight is 269 g/mol. The van der Waals surface area contributed by atoms with Gasteiger partial charge in [0, 0.05) is 24.0 Å². The molecule has 0 amide bonds. The van der Waals surface area contributed by atoms with Gasteiger partial charge in [-0.05, 0) is 24.7 Å². The van der Waals surface area contributed by atoms with E-state index < -0.39 is 0 Å². The molecule has 0 radical (unpaired) electrons. The summed E-state index contributed by atoms with van der Waals surface area (Å²) in [5.74, 6) is 2.35. The van der Waals surface area contributed by atoms with E-state index in [9.17, 15) is 0 Å². The Morgan fingerprint density at radius 3 is 2.60 bits per heavy atom. The highest BCUT2D eigenvalue weighted by molar-refractivity contribution is 5.55. The van der Waals surface area contributed by atoms with Gasteiger partial charge in [-0.25, -0.2) is 4.98 Å². The van der Waals surface area contributed by atoms with E-state index in [0.29, 0.717) is 12.0 Å². The van der Waals surface area contributed by atoms with Gasteiger partial charge in [-0.1, -0.05) is 44.2 Å². The second-order valence-electron chi connectivity index (χ2n) is 6.23. The van der Waals surface area contributed by atoms with E-state index in [0.717, 1.165) is 23.7 Å². The molecular formula is C17H23N3. The van der Waals surface area contributed by atoms with Crippen molar-refractivity contribution >= 4 is 0 Å². The first kappa shape index (κ1) is 13.4. The van der Waals surface area contributed by atoms with Crippen LogP contribution < -0.4 is 5.73 Å². The molecular weight excluding hydrogens is 246 g/mol. The van der Waals surface area contributed by atoms with Crippen molar-refractivity contribution in [1.82, 2.24) is 9.55 Å². The van der Waals surface area contributed by atoms with Crippen LogP contribution >= 0.6 is 0 Å². The van der Waals surface area contributed by atoms with Gasteiger partial charge in [-0.3, -0.25) is 0 Å². The smallest absolute Gasteiger partial charge is 0.140 e. The maximum absolute atomic E-state index is 6.45. The Balaban J connectivity index is 1.97. The van der Waals surface area contributed by atoms with Gasteiger partial charge in [0.05, 0.1) is 6.04 Å². The molecule has 20 heavy (non-hydrogen) atoms. The fourth-order valence-corrected chi connectivity index (χ4v) is 3.74. The highest BCUT2D eigenvalue weighted by Gasteiger charge is 2.33. The third-order valence-corrected chi connectivity index (χ3v) is 4.49. The van der Waals surface area contributed by atoms with Crippen molar-refractivity contribution in [3.63, 3.8) is 0 Å². The van der Waals surface area contributed by atoms with Gasteiger partial charge in [-0.2, -0.15) is 0 Å². The van der Waals surface area contributed by atoms with Crippen molar-refractivity contribution in [2.24, 2.45) is 17.6 Å². The van der Waals surface area contributed by atoms with Crippen LogP contribution in [-0.4, -0.2) is 15.6 Å². The van der Waals surface area contributed by atoms with Crippen molar-refractivity contribution in [3.05, 3.63) is 42.7 Å². The number of imidazole rings is 1. The Morgan fingerprint density at radius 1 is 1.15 bits per heavy atom. The molecule has 106 valence electrons. The van der Waals surface area contributed by atoms with E-state index in [4.69, 9.17) is 5.73 Å². The summed E-state index contributed by atoms with van der Waals surface area (Å²) in [6.07, 6.45) is 6.31. The first-order valence-electron chi connectivity index (χ1n) is 7.50. The summed E-state index contributed by atoms with van der Waals surface area (Å²) in [7, 11) is 0. The molecule has 4 unspecified atom stereocenters. The first-order valence-corrected chi connectivity index (χ1v) is 7.50. The Kier molecular flexibility index (Phi) is 3.62. The molecule has 1 saturated carbocycles. The van der Waals surface area contributed by atoms with Crippen molar-refractivity contribution < 1.29 is 0 Å². The van der Waals surface area contributed by atoms with Crippen LogP contribution in [0.3, 0.4) is 0 Å². The number of nitrogens with zero attached hydrogens (tertiary/aromatic N) is 2. The van der Waals surface area contributed by atoms with Crippen LogP contribution in [0.2, 0.25) is 0 Å². The number of hydrogen-bond donors (Lipinski definition) is 1. The minimum absolute atomic E-state index is 0.213. The Labute approximate surface area is 120 Å². The first-order chi connectivity index (χ1) is 9.66. The summed E-state index contributed by atoms with van der Waals surface area (Å²) >= 11 is 0. The van der Waals surface area contributed by atoms with Crippen molar-refractivity contribution in [3.8, 4) is 11.4 Å². The lowest BCUT2D eigenvalue weighted by Gasteiger charge is -2.39. The zero-order valence-electron chi connectivity index (χ0n) is 12.2. The molecule has 3 heteroatoms. The Hall–Kier alpha value is -1.61. The van der Waals surface area contributed by atoms with Crippen molar-refractivity contribution in [2.75, 3.05) is 0 Å². The molecule has 2 N–H and O–H groups in total. The third kappa shape index (κ3) is 2.38. The topological polar surface area (TPSA) is 43.8 Å². The van der Waals surface area contributed by atoms with Gasteiger partial charge >= 0.3 is 0 Å². The van der Waals surface area contributed by atoms with Gasteiger partial charge in [0.2, 0.25) is 0 Å². The number of benzene rings is 1. The number of hydrogen-bond acceptors (Lipinski definition) is 2. The summed E-state index contributed by atoms with van der Waals surface area (Å²) in [5, 5.41) is 0. The SMILES string of the molecule is CC1CC(C)C(n2ccnc2-c2ccccc2)C(N)C1. The molecule has 1 heterocycles. The van der Waals surface area contributed by atoms with Crippen molar-refractivity contribution in [1.29, 1.82) is 0 Å². The van der Waals surface area contributed by atoms with Crippen LogP contribution in [0.25, 0.3) is 11.4 Å². The van der Waals surface area contributed by atoms with E-state index in [1.54, 1.807) is 0 Å². The van der Waals surface area contributed by atoms with Gasteiger partial charge in [0.1, 0.15) is 5.82 Å². The monoisotopic (exact) mass is 269 g/mol. The molecule has 3 rings (SSSR count). The Bertz CT molecular complexity index is 549. The van der Waals surface area contributed by atoms with E-state index >= 15 is 0 Å². The summed E-state index contributed by atoms with van der Waals surface area (Å²) < 4.78 is 2.29. The molecule has 1 aromatic heterocycles. The molecule has 2 aromatic rings. The van der Waals surface area contributed by atoms with E-state index in [-0.39, 0.29) is 6.04 Å². The zero-order chi connectivity index (χ0) is 14.1. The van der Waals surface area contributed by atoms with Crippen molar-refractivity contribution in [2.45, 2.75) is 38.8 Å². The largest absolute Gasteiger partial charge is 0.326 e. The molecule has 0 spiro atoms. The van der Waals surface area contributed by atoms with Crippen LogP contribution in [-0.2, 0) is 0 Å². The lowest BCUT2D eigenvalue weighted by atomic mass is 9.76. The molecule has 1 aliphatic carbocycles. The summed E-state index contributed by atoms with van der Waals surface area (Å²) in [6.45, 7) is 4.62. The van der Waals surface area contributed by atoms with Crippen LogP contribution in [0.1, 0.15) is 32.7 Å². The highest BCUT2D eigenvalue weighted by atomic mass is 15.1. The zero-order valence-corrected chi connectivity index (χ0v) is 12.2. The van der Waals surface area contributed by atoms with Crippen LogP contribution in [0.15, 0.2) is 42.7 Å². The minimum atomic E-state index is 0.213. The number of nitrogens with two attached hydrogens (primary N) is 1. The predicted octanol–water partition coefficient (Wildman–Crippen LogP) is 3.48. The van der Waals surface area contributed by atoms with E-state index in [1.807, 2.05) is 12.3 Å². The normalized spacial score (nSPS) is 30.4.